The molecule has 0 unspecified atom stereocenters. The maximum Gasteiger partial charge on any atom is 0.573 e. The molecule has 0 saturated carbocycles. The number of hydrogen-bond acceptors (Lipinski definition) is 6. The van der Waals surface area contributed by atoms with Crippen LogP contribution < -0.4 is 14.8 Å². The molecule has 0 spiro atoms. The van der Waals surface area contributed by atoms with E-state index >= 15 is 0 Å². The van der Waals surface area contributed by atoms with Gasteiger partial charge in [-0.1, -0.05) is 15.9 Å². The van der Waals surface area contributed by atoms with Crippen LogP contribution >= 0.6 is 15.9 Å². The van der Waals surface area contributed by atoms with Gasteiger partial charge in [0.25, 0.3) is 5.91 Å². The van der Waals surface area contributed by atoms with Gasteiger partial charge >= 0.3 is 6.36 Å². The molecule has 13 heteroatoms. The molecule has 0 aliphatic carbocycles. The second-order valence-electron chi connectivity index (χ2n) is 6.87. The molecule has 1 fully saturated rings. The lowest BCUT2D eigenvalue weighted by Gasteiger charge is -2.12. The first-order chi connectivity index (χ1) is 15.6. The molecular formula is C20H15BrF3N5O4. The topological polar surface area (TPSA) is 98.6 Å². The molecule has 172 valence electrons. The minimum atomic E-state index is -4.88. The number of hydrogen-bond donors (Lipinski definition) is 1. The molecule has 3 heterocycles. The van der Waals surface area contributed by atoms with E-state index < -0.39 is 18.0 Å². The molecule has 2 aromatic heterocycles. The largest absolute Gasteiger partial charge is 0.573 e. The lowest BCUT2D eigenvalue weighted by molar-refractivity contribution is -0.274. The normalized spacial score (nSPS) is 13.7. The number of nitrogens with one attached hydrogen (secondary N) is 1. The van der Waals surface area contributed by atoms with E-state index in [1.165, 1.54) is 41.1 Å². The van der Waals surface area contributed by atoms with Crippen molar-refractivity contribution < 1.29 is 32.2 Å². The van der Waals surface area contributed by atoms with Gasteiger partial charge in [0.05, 0.1) is 25.2 Å². The second kappa shape index (κ2) is 8.73. The summed E-state index contributed by atoms with van der Waals surface area (Å²) in [5.41, 5.74) is 1.04. The first-order valence-electron chi connectivity index (χ1n) is 9.36. The van der Waals surface area contributed by atoms with Crippen molar-refractivity contribution >= 4 is 27.7 Å². The fourth-order valence-electron chi connectivity index (χ4n) is 3.21. The zero-order valence-corrected chi connectivity index (χ0v) is 18.5. The van der Waals surface area contributed by atoms with E-state index in [9.17, 15) is 22.8 Å². The zero-order chi connectivity index (χ0) is 23.8. The van der Waals surface area contributed by atoms with Crippen LogP contribution in [0.15, 0.2) is 47.1 Å². The van der Waals surface area contributed by atoms with E-state index in [0.717, 1.165) is 0 Å². The first kappa shape index (κ1) is 22.6. The SMILES string of the molecule is COc1cc(-n2nc(C(=O)N3CNC(=O)C3)cc2-c2cc(Br)cc(OC(F)(F)F)c2)ccn1. The molecular weight excluding hydrogens is 511 g/mol. The zero-order valence-electron chi connectivity index (χ0n) is 16.9. The number of halogens is 4. The van der Waals surface area contributed by atoms with Crippen LogP contribution in [0.5, 0.6) is 11.6 Å². The standard InChI is InChI=1S/C20H15BrF3N5O4/c1-32-18-7-13(2-3-25-18)29-16(8-15(27-29)19(31)28-9-17(30)26-10-28)11-4-12(21)6-14(5-11)33-20(22,23)24/h2-8H,9-10H2,1H3,(H,26,30). The number of alkyl halides is 3. The van der Waals surface area contributed by atoms with E-state index in [1.54, 1.807) is 18.2 Å². The molecule has 1 saturated heterocycles. The molecule has 1 aromatic carbocycles. The van der Waals surface area contributed by atoms with Crippen molar-refractivity contribution in [3.8, 4) is 28.6 Å². The number of nitrogens with zero attached hydrogens (tertiary/aromatic N) is 4. The molecule has 1 N–H and O–H groups in total. The van der Waals surface area contributed by atoms with Gasteiger partial charge in [0, 0.05) is 22.3 Å². The molecule has 2 amide bonds. The average Bonchev–Trinajstić information content (AvgIpc) is 3.38. The summed E-state index contributed by atoms with van der Waals surface area (Å²) in [7, 11) is 1.43. The van der Waals surface area contributed by atoms with Crippen molar-refractivity contribution in [3.05, 3.63) is 52.8 Å². The lowest BCUT2D eigenvalue weighted by Crippen LogP contribution is -2.30. The van der Waals surface area contributed by atoms with Gasteiger partial charge in [-0.05, 0) is 30.3 Å². The highest BCUT2D eigenvalue weighted by atomic mass is 79.9. The van der Waals surface area contributed by atoms with Gasteiger partial charge < -0.3 is 19.7 Å². The van der Waals surface area contributed by atoms with Crippen LogP contribution in [0, 0.1) is 0 Å². The highest BCUT2D eigenvalue weighted by Gasteiger charge is 2.32. The summed E-state index contributed by atoms with van der Waals surface area (Å²) in [5, 5.41) is 6.89. The summed E-state index contributed by atoms with van der Waals surface area (Å²) >= 11 is 3.19. The second-order valence-corrected chi connectivity index (χ2v) is 7.78. The van der Waals surface area contributed by atoms with Crippen LogP contribution in [0.4, 0.5) is 13.2 Å². The van der Waals surface area contributed by atoms with Crippen molar-refractivity contribution in [2.45, 2.75) is 6.36 Å². The summed E-state index contributed by atoms with van der Waals surface area (Å²) in [4.78, 5) is 29.7. The van der Waals surface area contributed by atoms with E-state index in [4.69, 9.17) is 4.74 Å². The summed E-state index contributed by atoms with van der Waals surface area (Å²) < 4.78 is 49.3. The smallest absolute Gasteiger partial charge is 0.481 e. The highest BCUT2D eigenvalue weighted by molar-refractivity contribution is 9.10. The van der Waals surface area contributed by atoms with Crippen molar-refractivity contribution in [1.82, 2.24) is 25.0 Å². The number of pyridine rings is 1. The van der Waals surface area contributed by atoms with Crippen molar-refractivity contribution in [1.29, 1.82) is 0 Å². The van der Waals surface area contributed by atoms with Crippen LogP contribution in [0.1, 0.15) is 10.5 Å². The quantitative estimate of drug-likeness (QED) is 0.549. The maximum atomic E-state index is 12.9. The molecule has 0 atom stereocenters. The highest BCUT2D eigenvalue weighted by Crippen LogP contribution is 2.33. The molecule has 9 nitrogen and oxygen atoms in total. The predicted molar refractivity (Wildman–Crippen MR) is 112 cm³/mol. The van der Waals surface area contributed by atoms with Gasteiger partial charge in [-0.25, -0.2) is 9.67 Å². The number of amides is 2. The van der Waals surface area contributed by atoms with E-state index in [0.29, 0.717) is 21.4 Å². The van der Waals surface area contributed by atoms with Crippen LogP contribution in [-0.4, -0.2) is 58.2 Å². The van der Waals surface area contributed by atoms with Gasteiger partial charge in [0.2, 0.25) is 11.8 Å². The fraction of sp³-hybridized carbons (Fsp3) is 0.200. The van der Waals surface area contributed by atoms with Gasteiger partial charge in [0.15, 0.2) is 5.69 Å². The summed E-state index contributed by atoms with van der Waals surface area (Å²) in [6.45, 7) is -0.0893. The van der Waals surface area contributed by atoms with Crippen molar-refractivity contribution in [2.75, 3.05) is 20.3 Å². The Kier molecular flexibility index (Phi) is 5.97. The first-order valence-corrected chi connectivity index (χ1v) is 10.2. The Morgan fingerprint density at radius 3 is 2.67 bits per heavy atom. The van der Waals surface area contributed by atoms with Gasteiger partial charge in [-0.3, -0.25) is 9.59 Å². The summed E-state index contributed by atoms with van der Waals surface area (Å²) in [6.07, 6.45) is -3.42. The third kappa shape index (κ3) is 5.08. The Bertz CT molecular complexity index is 1230. The van der Waals surface area contributed by atoms with Crippen molar-refractivity contribution in [3.63, 3.8) is 0 Å². The molecule has 33 heavy (non-hydrogen) atoms. The number of benzene rings is 1. The number of carbonyl (C=O) groups excluding carboxylic acids is 2. The molecule has 3 aromatic rings. The number of aromatic nitrogens is 3. The van der Waals surface area contributed by atoms with Crippen LogP contribution in [0.2, 0.25) is 0 Å². The van der Waals surface area contributed by atoms with E-state index in [-0.39, 0.29) is 30.7 Å². The lowest BCUT2D eigenvalue weighted by atomic mass is 10.1. The third-order valence-corrected chi connectivity index (χ3v) is 5.05. The molecule has 0 radical (unpaired) electrons. The van der Waals surface area contributed by atoms with Gasteiger partial charge in [-0.2, -0.15) is 5.10 Å². The summed E-state index contributed by atoms with van der Waals surface area (Å²) in [5.74, 6) is -1.00. The Labute approximate surface area is 193 Å². The minimum absolute atomic E-state index is 0.00413. The van der Waals surface area contributed by atoms with E-state index in [2.05, 4.69) is 36.1 Å². The average molecular weight is 526 g/mol. The van der Waals surface area contributed by atoms with Gasteiger partial charge in [-0.15, -0.1) is 13.2 Å². The molecule has 1 aliphatic heterocycles. The van der Waals surface area contributed by atoms with Gasteiger partial charge in [0.1, 0.15) is 12.3 Å². The fourth-order valence-corrected chi connectivity index (χ4v) is 3.68. The van der Waals surface area contributed by atoms with Crippen molar-refractivity contribution in [2.24, 2.45) is 0 Å². The Morgan fingerprint density at radius 1 is 1.21 bits per heavy atom. The minimum Gasteiger partial charge on any atom is -0.481 e. The van der Waals surface area contributed by atoms with E-state index in [1.807, 2.05) is 0 Å². The maximum absolute atomic E-state index is 12.9. The Morgan fingerprint density at radius 2 is 2.00 bits per heavy atom. The third-order valence-electron chi connectivity index (χ3n) is 4.59. The number of methoxy groups -OCH3 is 1. The summed E-state index contributed by atoms with van der Waals surface area (Å²) in [6, 6.07) is 8.48. The van der Waals surface area contributed by atoms with Crippen LogP contribution in [0.3, 0.4) is 0 Å². The predicted octanol–water partition coefficient (Wildman–Crippen LogP) is 3.13. The Balaban J connectivity index is 1.83. The van der Waals surface area contributed by atoms with Crippen LogP contribution in [0.25, 0.3) is 16.9 Å². The number of carbonyl (C=O) groups is 2. The molecule has 4 rings (SSSR count). The molecule has 0 bridgehead atoms. The molecule has 1 aliphatic rings. The number of ether oxygens (including phenoxy) is 2. The van der Waals surface area contributed by atoms with Crippen LogP contribution in [-0.2, 0) is 4.79 Å². The Hall–Kier alpha value is -3.61. The number of rotatable bonds is 5. The monoisotopic (exact) mass is 525 g/mol.